The zero-order chi connectivity index (χ0) is 24.8. The standard InChI is InChI=1S/C25H25Cl2N5O3/c26-18-8-4-16(5-9-18)20-21(17-6-10-19(27)11-7-17)30-23(22(29-20)24(34)28-12-15-33)25(35)31-32-13-2-1-3-14-32/h4-11,33H,1-3,12-15H2,(H,28,34)(H,31,35). The van der Waals surface area contributed by atoms with Crippen LogP contribution in [0.4, 0.5) is 0 Å². The van der Waals surface area contributed by atoms with Crippen LogP contribution in [0.2, 0.25) is 10.0 Å². The molecule has 1 saturated heterocycles. The van der Waals surface area contributed by atoms with Gasteiger partial charge in [0, 0.05) is 40.8 Å². The highest BCUT2D eigenvalue weighted by Crippen LogP contribution is 2.31. The first-order chi connectivity index (χ1) is 17.0. The number of aliphatic hydroxyl groups is 1. The number of nitrogens with one attached hydrogen (secondary N) is 2. The number of hydrogen-bond donors (Lipinski definition) is 3. The van der Waals surface area contributed by atoms with Crippen molar-refractivity contribution in [1.29, 1.82) is 0 Å². The highest BCUT2D eigenvalue weighted by molar-refractivity contribution is 6.31. The monoisotopic (exact) mass is 513 g/mol. The maximum Gasteiger partial charge on any atom is 0.286 e. The van der Waals surface area contributed by atoms with Crippen LogP contribution < -0.4 is 10.7 Å². The SMILES string of the molecule is O=C(NCCO)c1nc(-c2ccc(Cl)cc2)c(-c2ccc(Cl)cc2)nc1C(=O)NN1CCCCC1. The summed E-state index contributed by atoms with van der Waals surface area (Å²) in [5, 5.41) is 14.7. The summed E-state index contributed by atoms with van der Waals surface area (Å²) in [6.07, 6.45) is 3.06. The first-order valence-electron chi connectivity index (χ1n) is 11.3. The van der Waals surface area contributed by atoms with Crippen LogP contribution in [-0.2, 0) is 0 Å². The largest absolute Gasteiger partial charge is 0.395 e. The Balaban J connectivity index is 1.86. The van der Waals surface area contributed by atoms with Crippen molar-refractivity contribution < 1.29 is 14.7 Å². The molecule has 3 N–H and O–H groups in total. The number of rotatable bonds is 7. The van der Waals surface area contributed by atoms with Gasteiger partial charge < -0.3 is 10.4 Å². The number of nitrogens with zero attached hydrogens (tertiary/aromatic N) is 3. The third kappa shape index (κ3) is 6.15. The molecule has 2 amide bonds. The minimum absolute atomic E-state index is 0.0168. The quantitative estimate of drug-likeness (QED) is 0.441. The van der Waals surface area contributed by atoms with Crippen LogP contribution in [0.3, 0.4) is 0 Å². The molecule has 1 fully saturated rings. The van der Waals surface area contributed by atoms with E-state index in [0.717, 1.165) is 32.4 Å². The van der Waals surface area contributed by atoms with E-state index in [0.29, 0.717) is 32.6 Å². The number of benzene rings is 2. The molecular formula is C25H25Cl2N5O3. The molecule has 0 aliphatic carbocycles. The summed E-state index contributed by atoms with van der Waals surface area (Å²) in [5.41, 5.74) is 4.82. The van der Waals surface area contributed by atoms with E-state index in [1.54, 1.807) is 48.5 Å². The molecule has 10 heteroatoms. The fraction of sp³-hybridized carbons (Fsp3) is 0.280. The maximum atomic E-state index is 13.3. The Hall–Kier alpha value is -3.04. The summed E-state index contributed by atoms with van der Waals surface area (Å²) in [6, 6.07) is 14.0. The topological polar surface area (TPSA) is 107 Å². The molecular weight excluding hydrogens is 489 g/mol. The molecule has 1 aromatic heterocycles. The predicted molar refractivity (Wildman–Crippen MR) is 135 cm³/mol. The molecule has 1 aliphatic heterocycles. The Bertz CT molecular complexity index is 1200. The number of carbonyl (C=O) groups excluding carboxylic acids is 2. The Labute approximate surface area is 213 Å². The van der Waals surface area contributed by atoms with E-state index in [2.05, 4.69) is 20.7 Å². The predicted octanol–water partition coefficient (Wildman–Crippen LogP) is 3.97. The first kappa shape index (κ1) is 25.1. The maximum absolute atomic E-state index is 13.3. The summed E-state index contributed by atoms with van der Waals surface area (Å²) in [5.74, 6) is -1.13. The van der Waals surface area contributed by atoms with E-state index in [4.69, 9.17) is 23.2 Å². The van der Waals surface area contributed by atoms with E-state index < -0.39 is 11.8 Å². The lowest BCUT2D eigenvalue weighted by Gasteiger charge is -2.27. The molecule has 2 aromatic carbocycles. The van der Waals surface area contributed by atoms with E-state index in [1.807, 2.05) is 5.01 Å². The molecule has 0 atom stereocenters. The molecule has 0 spiro atoms. The summed E-state index contributed by atoms with van der Waals surface area (Å²) in [7, 11) is 0. The van der Waals surface area contributed by atoms with Crippen molar-refractivity contribution in [3.63, 3.8) is 0 Å². The number of aliphatic hydroxyl groups excluding tert-OH is 1. The number of hydrazine groups is 1. The van der Waals surface area contributed by atoms with Gasteiger partial charge in [-0.25, -0.2) is 15.0 Å². The van der Waals surface area contributed by atoms with Crippen molar-refractivity contribution in [3.05, 3.63) is 70.0 Å². The molecule has 182 valence electrons. The van der Waals surface area contributed by atoms with Crippen molar-refractivity contribution in [1.82, 2.24) is 25.7 Å². The molecule has 35 heavy (non-hydrogen) atoms. The van der Waals surface area contributed by atoms with Crippen LogP contribution in [0, 0.1) is 0 Å². The van der Waals surface area contributed by atoms with E-state index >= 15 is 0 Å². The third-order valence-corrected chi connectivity index (χ3v) is 6.08. The lowest BCUT2D eigenvalue weighted by Crippen LogP contribution is -2.46. The van der Waals surface area contributed by atoms with Crippen molar-refractivity contribution in [2.75, 3.05) is 26.2 Å². The first-order valence-corrected chi connectivity index (χ1v) is 12.1. The Kier molecular flexibility index (Phi) is 8.30. The van der Waals surface area contributed by atoms with Gasteiger partial charge in [-0.1, -0.05) is 53.9 Å². The molecule has 8 nitrogen and oxygen atoms in total. The number of aromatic nitrogens is 2. The molecule has 0 bridgehead atoms. The third-order valence-electron chi connectivity index (χ3n) is 5.57. The summed E-state index contributed by atoms with van der Waals surface area (Å²) in [4.78, 5) is 35.6. The highest BCUT2D eigenvalue weighted by Gasteiger charge is 2.26. The van der Waals surface area contributed by atoms with Crippen LogP contribution in [0.5, 0.6) is 0 Å². The lowest BCUT2D eigenvalue weighted by molar-refractivity contribution is 0.0737. The van der Waals surface area contributed by atoms with Gasteiger partial charge in [-0.3, -0.25) is 15.0 Å². The zero-order valence-electron chi connectivity index (χ0n) is 18.9. The minimum atomic E-state index is -0.604. The van der Waals surface area contributed by atoms with Crippen LogP contribution in [0.1, 0.15) is 40.2 Å². The van der Waals surface area contributed by atoms with Gasteiger partial charge in [-0.15, -0.1) is 0 Å². The lowest BCUT2D eigenvalue weighted by atomic mass is 10.0. The van der Waals surface area contributed by atoms with Gasteiger partial charge in [0.15, 0.2) is 11.4 Å². The van der Waals surface area contributed by atoms with E-state index in [1.165, 1.54) is 0 Å². The van der Waals surface area contributed by atoms with Crippen LogP contribution in [-0.4, -0.2) is 58.1 Å². The van der Waals surface area contributed by atoms with Gasteiger partial charge >= 0.3 is 0 Å². The molecule has 0 unspecified atom stereocenters. The van der Waals surface area contributed by atoms with Gasteiger partial charge in [0.1, 0.15) is 0 Å². The molecule has 4 rings (SSSR count). The number of piperidine rings is 1. The molecule has 0 radical (unpaired) electrons. The van der Waals surface area contributed by atoms with Crippen molar-refractivity contribution in [2.45, 2.75) is 19.3 Å². The second-order valence-electron chi connectivity index (χ2n) is 8.10. The highest BCUT2D eigenvalue weighted by atomic mass is 35.5. The summed E-state index contributed by atoms with van der Waals surface area (Å²) >= 11 is 12.2. The van der Waals surface area contributed by atoms with Crippen molar-refractivity contribution >= 4 is 35.0 Å². The van der Waals surface area contributed by atoms with Crippen LogP contribution >= 0.6 is 23.2 Å². The van der Waals surface area contributed by atoms with Crippen LogP contribution in [0.15, 0.2) is 48.5 Å². The Morgan fingerprint density at radius 3 is 1.77 bits per heavy atom. The van der Waals surface area contributed by atoms with Gasteiger partial charge in [0.2, 0.25) is 0 Å². The Morgan fingerprint density at radius 2 is 1.29 bits per heavy atom. The smallest absolute Gasteiger partial charge is 0.286 e. The number of halogens is 2. The fourth-order valence-electron chi connectivity index (χ4n) is 3.83. The van der Waals surface area contributed by atoms with Gasteiger partial charge in [0.05, 0.1) is 18.0 Å². The average molecular weight is 514 g/mol. The van der Waals surface area contributed by atoms with Crippen molar-refractivity contribution in [2.24, 2.45) is 0 Å². The van der Waals surface area contributed by atoms with E-state index in [-0.39, 0.29) is 24.5 Å². The second kappa shape index (κ2) is 11.6. The summed E-state index contributed by atoms with van der Waals surface area (Å²) < 4.78 is 0. The van der Waals surface area contributed by atoms with Gasteiger partial charge in [-0.2, -0.15) is 0 Å². The number of amides is 2. The molecule has 0 saturated carbocycles. The average Bonchev–Trinajstić information content (AvgIpc) is 2.88. The number of carbonyl (C=O) groups is 2. The summed E-state index contributed by atoms with van der Waals surface area (Å²) in [6.45, 7) is 1.21. The second-order valence-corrected chi connectivity index (χ2v) is 8.97. The van der Waals surface area contributed by atoms with Gasteiger partial charge in [0.25, 0.3) is 11.8 Å². The van der Waals surface area contributed by atoms with Gasteiger partial charge in [-0.05, 0) is 37.1 Å². The fourth-order valence-corrected chi connectivity index (χ4v) is 4.08. The molecule has 2 heterocycles. The molecule has 1 aliphatic rings. The number of hydrogen-bond acceptors (Lipinski definition) is 6. The van der Waals surface area contributed by atoms with Crippen LogP contribution in [0.25, 0.3) is 22.5 Å². The normalized spacial score (nSPS) is 13.9. The molecule has 3 aromatic rings. The van der Waals surface area contributed by atoms with E-state index in [9.17, 15) is 14.7 Å². The zero-order valence-corrected chi connectivity index (χ0v) is 20.4. The minimum Gasteiger partial charge on any atom is -0.395 e. The Morgan fingerprint density at radius 1 is 0.800 bits per heavy atom. The van der Waals surface area contributed by atoms with Crippen molar-refractivity contribution in [3.8, 4) is 22.5 Å².